The number of benzene rings is 3. The van der Waals surface area contributed by atoms with Crippen molar-refractivity contribution in [3.8, 4) is 0 Å². The summed E-state index contributed by atoms with van der Waals surface area (Å²) in [4.78, 5) is 28.9. The molecule has 1 fully saturated rings. The Hall–Kier alpha value is -3.24. The molecule has 2 aliphatic heterocycles. The molecule has 3 aromatic carbocycles. The predicted molar refractivity (Wildman–Crippen MR) is 146 cm³/mol. The molecular weight excluding hydrogens is 524 g/mol. The number of nitrogens with one attached hydrogen (secondary N) is 2. The summed E-state index contributed by atoms with van der Waals surface area (Å²) in [5, 5.41) is 4.73. The summed E-state index contributed by atoms with van der Waals surface area (Å²) in [6, 6.07) is 17.6. The van der Waals surface area contributed by atoms with Gasteiger partial charge in [0.15, 0.2) is 0 Å². The minimum atomic E-state index is -4.02. The van der Waals surface area contributed by atoms with Crippen LogP contribution in [0.4, 0.5) is 5.69 Å². The lowest BCUT2D eigenvalue weighted by molar-refractivity contribution is 0.0946. The molecule has 2 amide bonds. The SMILES string of the molecule is O=C(NCCCN1CCCC1)c1ccc2c(c1)N(NCc1ccc(Cl)cc1)C(=O)c1ccccc1S2(=O)=O. The first-order valence-electron chi connectivity index (χ1n) is 12.7. The zero-order valence-corrected chi connectivity index (χ0v) is 22.4. The normalized spacial score (nSPS) is 16.6. The molecule has 0 bridgehead atoms. The van der Waals surface area contributed by atoms with Gasteiger partial charge in [0.25, 0.3) is 11.8 Å². The van der Waals surface area contributed by atoms with Gasteiger partial charge < -0.3 is 10.2 Å². The Morgan fingerprint density at radius 2 is 1.68 bits per heavy atom. The topological polar surface area (TPSA) is 98.8 Å². The molecule has 0 radical (unpaired) electrons. The molecule has 0 unspecified atom stereocenters. The van der Waals surface area contributed by atoms with E-state index in [4.69, 9.17) is 11.6 Å². The van der Waals surface area contributed by atoms with Crippen LogP contribution >= 0.6 is 11.6 Å². The number of hydrazine groups is 1. The van der Waals surface area contributed by atoms with E-state index >= 15 is 0 Å². The van der Waals surface area contributed by atoms with Crippen molar-refractivity contribution >= 4 is 38.9 Å². The number of rotatable bonds is 8. The molecular formula is C28H29ClN4O4S. The fraction of sp³-hybridized carbons (Fsp3) is 0.286. The smallest absolute Gasteiger partial charge is 0.274 e. The van der Waals surface area contributed by atoms with Crippen LogP contribution in [-0.4, -0.2) is 51.3 Å². The Morgan fingerprint density at radius 1 is 0.947 bits per heavy atom. The number of sulfone groups is 1. The third-order valence-corrected chi connectivity index (χ3v) is 8.96. The summed E-state index contributed by atoms with van der Waals surface area (Å²) >= 11 is 5.99. The van der Waals surface area contributed by atoms with E-state index in [1.54, 1.807) is 24.3 Å². The molecule has 5 rings (SSSR count). The summed E-state index contributed by atoms with van der Waals surface area (Å²) in [5.41, 5.74) is 4.35. The molecule has 0 saturated carbocycles. The van der Waals surface area contributed by atoms with Gasteiger partial charge in [-0.15, -0.1) is 0 Å². The van der Waals surface area contributed by atoms with Crippen LogP contribution in [0.3, 0.4) is 0 Å². The highest BCUT2D eigenvalue weighted by atomic mass is 35.5. The van der Waals surface area contributed by atoms with Crippen LogP contribution in [0.25, 0.3) is 0 Å². The van der Waals surface area contributed by atoms with E-state index in [9.17, 15) is 18.0 Å². The minimum Gasteiger partial charge on any atom is -0.352 e. The number of likely N-dealkylation sites (tertiary alicyclic amines) is 1. The summed E-state index contributed by atoms with van der Waals surface area (Å²) in [7, 11) is -4.02. The van der Waals surface area contributed by atoms with Crippen molar-refractivity contribution in [2.75, 3.05) is 31.2 Å². The molecule has 38 heavy (non-hydrogen) atoms. The van der Waals surface area contributed by atoms with Crippen LogP contribution in [0.1, 0.15) is 45.5 Å². The largest absolute Gasteiger partial charge is 0.352 e. The average Bonchev–Trinajstić information content (AvgIpc) is 3.43. The number of hydrogen-bond donors (Lipinski definition) is 2. The van der Waals surface area contributed by atoms with Crippen molar-refractivity contribution in [1.29, 1.82) is 0 Å². The predicted octanol–water partition coefficient (Wildman–Crippen LogP) is 4.05. The maximum atomic E-state index is 13.7. The second kappa shape index (κ2) is 11.2. The van der Waals surface area contributed by atoms with E-state index in [1.807, 2.05) is 12.1 Å². The Labute approximate surface area is 227 Å². The lowest BCUT2D eigenvalue weighted by Crippen LogP contribution is -2.43. The third-order valence-electron chi connectivity index (χ3n) is 6.85. The fourth-order valence-electron chi connectivity index (χ4n) is 4.83. The zero-order valence-electron chi connectivity index (χ0n) is 20.8. The maximum Gasteiger partial charge on any atom is 0.274 e. The van der Waals surface area contributed by atoms with Gasteiger partial charge >= 0.3 is 0 Å². The van der Waals surface area contributed by atoms with E-state index < -0.39 is 15.7 Å². The summed E-state index contributed by atoms with van der Waals surface area (Å²) in [6.45, 7) is 3.87. The zero-order chi connectivity index (χ0) is 26.7. The van der Waals surface area contributed by atoms with Crippen molar-refractivity contribution in [2.24, 2.45) is 0 Å². The molecule has 0 aliphatic carbocycles. The first-order chi connectivity index (χ1) is 18.3. The second-order valence-electron chi connectivity index (χ2n) is 9.44. The van der Waals surface area contributed by atoms with Crippen LogP contribution in [0.5, 0.6) is 0 Å². The van der Waals surface area contributed by atoms with Crippen molar-refractivity contribution in [1.82, 2.24) is 15.6 Å². The molecule has 8 nitrogen and oxygen atoms in total. The van der Waals surface area contributed by atoms with E-state index in [1.165, 1.54) is 48.2 Å². The first-order valence-corrected chi connectivity index (χ1v) is 14.5. The number of hydrogen-bond acceptors (Lipinski definition) is 6. The van der Waals surface area contributed by atoms with Crippen molar-refractivity contribution in [2.45, 2.75) is 35.6 Å². The van der Waals surface area contributed by atoms with Crippen molar-refractivity contribution in [3.63, 3.8) is 0 Å². The van der Waals surface area contributed by atoms with Crippen molar-refractivity contribution in [3.05, 3.63) is 88.4 Å². The molecule has 0 aromatic heterocycles. The van der Waals surface area contributed by atoms with Gasteiger partial charge in [0.2, 0.25) is 9.84 Å². The lowest BCUT2D eigenvalue weighted by atomic mass is 10.1. The quantitative estimate of drug-likeness (QED) is 0.409. The Balaban J connectivity index is 1.44. The van der Waals surface area contributed by atoms with Crippen LogP contribution in [0.2, 0.25) is 5.02 Å². The molecule has 2 aliphatic rings. The highest BCUT2D eigenvalue weighted by molar-refractivity contribution is 7.91. The molecule has 0 atom stereocenters. The van der Waals surface area contributed by atoms with Crippen molar-refractivity contribution < 1.29 is 18.0 Å². The number of fused-ring (bicyclic) bond motifs is 2. The Bertz CT molecular complexity index is 1450. The lowest BCUT2D eigenvalue weighted by Gasteiger charge is -2.24. The summed E-state index contributed by atoms with van der Waals surface area (Å²) < 4.78 is 27.2. The molecule has 2 N–H and O–H groups in total. The van der Waals surface area contributed by atoms with Gasteiger partial charge in [-0.1, -0.05) is 35.9 Å². The van der Waals surface area contributed by atoms with Crippen LogP contribution in [0, 0.1) is 0 Å². The van der Waals surface area contributed by atoms with Gasteiger partial charge in [-0.2, -0.15) is 0 Å². The molecule has 198 valence electrons. The van der Waals surface area contributed by atoms with Crippen LogP contribution in [0.15, 0.2) is 76.5 Å². The summed E-state index contributed by atoms with van der Waals surface area (Å²) in [6.07, 6.45) is 3.26. The minimum absolute atomic E-state index is 0.0509. The molecule has 10 heteroatoms. The van der Waals surface area contributed by atoms with Crippen LogP contribution in [-0.2, 0) is 16.4 Å². The monoisotopic (exact) mass is 552 g/mol. The van der Waals surface area contributed by atoms with E-state index in [0.717, 1.165) is 31.6 Å². The van der Waals surface area contributed by atoms with E-state index in [-0.39, 0.29) is 39.1 Å². The molecule has 3 aromatic rings. The van der Waals surface area contributed by atoms with Gasteiger partial charge in [0, 0.05) is 23.7 Å². The van der Waals surface area contributed by atoms with Gasteiger partial charge in [-0.05, 0) is 86.9 Å². The van der Waals surface area contributed by atoms with Gasteiger partial charge in [-0.25, -0.2) is 18.9 Å². The number of carbonyl (C=O) groups is 2. The highest BCUT2D eigenvalue weighted by Crippen LogP contribution is 2.36. The van der Waals surface area contributed by atoms with Gasteiger partial charge in [0.1, 0.15) is 0 Å². The van der Waals surface area contributed by atoms with E-state index in [0.29, 0.717) is 11.6 Å². The molecule has 0 spiro atoms. The van der Waals surface area contributed by atoms with Gasteiger partial charge in [0.05, 0.1) is 21.0 Å². The Kier molecular flexibility index (Phi) is 7.80. The first kappa shape index (κ1) is 26.4. The second-order valence-corrected chi connectivity index (χ2v) is 11.8. The molecule has 1 saturated heterocycles. The third kappa shape index (κ3) is 5.47. The number of halogens is 1. The number of nitrogens with zero attached hydrogens (tertiary/aromatic N) is 2. The van der Waals surface area contributed by atoms with Crippen LogP contribution < -0.4 is 15.8 Å². The Morgan fingerprint density at radius 3 is 2.45 bits per heavy atom. The maximum absolute atomic E-state index is 13.7. The highest BCUT2D eigenvalue weighted by Gasteiger charge is 2.36. The molecule has 2 heterocycles. The average molecular weight is 553 g/mol. The standard InChI is InChI=1S/C28H29ClN4O4S/c29-22-11-8-20(9-12-22)19-31-33-24-18-21(27(34)30-14-5-17-32-15-3-4-16-32)10-13-26(24)38(36,37)25-7-2-1-6-23(25)28(33)35/h1-2,6-13,18,31H,3-5,14-17,19H2,(H,30,34). The number of amides is 2. The number of anilines is 1. The van der Waals surface area contributed by atoms with Gasteiger partial charge in [-0.3, -0.25) is 9.59 Å². The summed E-state index contributed by atoms with van der Waals surface area (Å²) in [5.74, 6) is -0.849. The fourth-order valence-corrected chi connectivity index (χ4v) is 6.57. The number of carbonyl (C=O) groups excluding carboxylic acids is 2. The van der Waals surface area contributed by atoms with E-state index in [2.05, 4.69) is 15.6 Å².